The number of benzene rings is 1. The van der Waals surface area contributed by atoms with E-state index in [1.807, 2.05) is 0 Å². The molecule has 2 N–H and O–H groups in total. The predicted molar refractivity (Wildman–Crippen MR) is 95.6 cm³/mol. The zero-order valence-electron chi connectivity index (χ0n) is 14.3. The molecule has 0 saturated carbocycles. The van der Waals surface area contributed by atoms with Gasteiger partial charge >= 0.3 is 5.97 Å². The molecule has 2 rings (SSSR count). The van der Waals surface area contributed by atoms with Crippen LogP contribution in [0.25, 0.3) is 0 Å². The number of carboxylic acid groups (broad SMARTS) is 1. The number of nitrogens with zero attached hydrogens (tertiary/aromatic N) is 1. The number of unbranched alkanes of at least 4 members (excludes halogenated alkanes) is 3. The lowest BCUT2D eigenvalue weighted by Crippen LogP contribution is -2.33. The molecule has 0 bridgehead atoms. The first kappa shape index (κ1) is 20.2. The summed E-state index contributed by atoms with van der Waals surface area (Å²) in [6, 6.07) is 4.13. The van der Waals surface area contributed by atoms with Gasteiger partial charge in [-0.2, -0.15) is 0 Å². The van der Waals surface area contributed by atoms with Gasteiger partial charge in [0.2, 0.25) is 11.8 Å². The summed E-state index contributed by atoms with van der Waals surface area (Å²) < 4.78 is 13.6. The summed E-state index contributed by atoms with van der Waals surface area (Å²) in [4.78, 5) is 36.1. The third-order valence-electron chi connectivity index (χ3n) is 4.33. The maximum Gasteiger partial charge on any atom is 0.303 e. The van der Waals surface area contributed by atoms with E-state index in [4.69, 9.17) is 16.7 Å². The first-order valence-electron chi connectivity index (χ1n) is 8.63. The van der Waals surface area contributed by atoms with Gasteiger partial charge in [-0.15, -0.1) is 0 Å². The summed E-state index contributed by atoms with van der Waals surface area (Å²) in [5, 5.41) is 11.3. The smallest absolute Gasteiger partial charge is 0.303 e. The van der Waals surface area contributed by atoms with Gasteiger partial charge in [0.05, 0.1) is 10.9 Å². The van der Waals surface area contributed by atoms with E-state index in [1.165, 1.54) is 17.0 Å². The minimum absolute atomic E-state index is 0.0157. The summed E-state index contributed by atoms with van der Waals surface area (Å²) in [6.07, 6.45) is 3.30. The van der Waals surface area contributed by atoms with E-state index in [0.29, 0.717) is 18.7 Å². The van der Waals surface area contributed by atoms with Crippen LogP contribution in [0.15, 0.2) is 18.2 Å². The van der Waals surface area contributed by atoms with Gasteiger partial charge < -0.3 is 15.3 Å². The summed E-state index contributed by atoms with van der Waals surface area (Å²) in [5.41, 5.74) is 0.394. The second-order valence-corrected chi connectivity index (χ2v) is 6.76. The number of carbonyl (C=O) groups is 3. The van der Waals surface area contributed by atoms with Crippen molar-refractivity contribution in [1.82, 2.24) is 5.32 Å². The van der Waals surface area contributed by atoms with Gasteiger partial charge in [-0.05, 0) is 31.0 Å². The lowest BCUT2D eigenvalue weighted by molar-refractivity contribution is -0.137. The van der Waals surface area contributed by atoms with Gasteiger partial charge in [0.15, 0.2) is 0 Å². The predicted octanol–water partition coefficient (Wildman–Crippen LogP) is 2.98. The van der Waals surface area contributed by atoms with Gasteiger partial charge in [-0.25, -0.2) is 4.39 Å². The van der Waals surface area contributed by atoms with E-state index in [0.717, 1.165) is 19.3 Å². The highest BCUT2D eigenvalue weighted by atomic mass is 35.5. The molecule has 1 aromatic carbocycles. The van der Waals surface area contributed by atoms with E-state index >= 15 is 0 Å². The number of hydrogen-bond donors (Lipinski definition) is 2. The normalized spacial score (nSPS) is 16.8. The highest BCUT2D eigenvalue weighted by molar-refractivity contribution is 6.30. The van der Waals surface area contributed by atoms with Gasteiger partial charge in [0, 0.05) is 31.6 Å². The van der Waals surface area contributed by atoms with Crippen LogP contribution in [0.2, 0.25) is 5.02 Å². The minimum Gasteiger partial charge on any atom is -0.481 e. The highest BCUT2D eigenvalue weighted by Gasteiger charge is 2.35. The standard InChI is InChI=1S/C18H22ClFN2O4/c19-14-7-6-13(10-15(14)20)22-11-12(9-16(22)23)18(26)21-8-4-2-1-3-5-17(24)25/h6-7,10,12H,1-5,8-9,11H2,(H,21,26)(H,24,25). The first-order valence-corrected chi connectivity index (χ1v) is 9.01. The molecule has 0 aromatic heterocycles. The van der Waals surface area contributed by atoms with Crippen LogP contribution in [0, 0.1) is 11.7 Å². The van der Waals surface area contributed by atoms with Crippen molar-refractivity contribution in [2.75, 3.05) is 18.0 Å². The van der Waals surface area contributed by atoms with Crippen LogP contribution in [-0.2, 0) is 14.4 Å². The molecule has 0 aliphatic carbocycles. The van der Waals surface area contributed by atoms with E-state index in [9.17, 15) is 18.8 Å². The molecule has 142 valence electrons. The number of nitrogens with one attached hydrogen (secondary N) is 1. The molecule has 1 unspecified atom stereocenters. The zero-order valence-corrected chi connectivity index (χ0v) is 15.1. The fourth-order valence-corrected chi connectivity index (χ4v) is 3.01. The average molecular weight is 385 g/mol. The molecular formula is C18H22ClFN2O4. The molecule has 26 heavy (non-hydrogen) atoms. The number of carbonyl (C=O) groups excluding carboxylic acids is 2. The second kappa shape index (κ2) is 9.52. The Balaban J connectivity index is 1.74. The Morgan fingerprint density at radius 2 is 2.00 bits per heavy atom. The number of hydrogen-bond acceptors (Lipinski definition) is 3. The van der Waals surface area contributed by atoms with Gasteiger partial charge in [0.25, 0.3) is 0 Å². The highest BCUT2D eigenvalue weighted by Crippen LogP contribution is 2.28. The second-order valence-electron chi connectivity index (χ2n) is 6.35. The van der Waals surface area contributed by atoms with Crippen LogP contribution < -0.4 is 10.2 Å². The number of halogens is 2. The fourth-order valence-electron chi connectivity index (χ4n) is 2.90. The van der Waals surface area contributed by atoms with E-state index in [2.05, 4.69) is 5.32 Å². The summed E-state index contributed by atoms with van der Waals surface area (Å²) >= 11 is 5.65. The Morgan fingerprint density at radius 1 is 1.27 bits per heavy atom. The zero-order chi connectivity index (χ0) is 19.1. The summed E-state index contributed by atoms with van der Waals surface area (Å²) in [7, 11) is 0. The molecule has 8 heteroatoms. The van der Waals surface area contributed by atoms with E-state index in [-0.39, 0.29) is 36.2 Å². The molecule has 1 aromatic rings. The molecule has 1 aliphatic heterocycles. The Morgan fingerprint density at radius 3 is 2.69 bits per heavy atom. The molecule has 1 saturated heterocycles. The lowest BCUT2D eigenvalue weighted by Gasteiger charge is -2.17. The lowest BCUT2D eigenvalue weighted by atomic mass is 10.1. The van der Waals surface area contributed by atoms with Crippen molar-refractivity contribution >= 4 is 35.1 Å². The molecule has 1 fully saturated rings. The van der Waals surface area contributed by atoms with Gasteiger partial charge in [-0.1, -0.05) is 24.4 Å². The quantitative estimate of drug-likeness (QED) is 0.641. The molecule has 6 nitrogen and oxygen atoms in total. The van der Waals surface area contributed by atoms with Crippen LogP contribution in [0.4, 0.5) is 10.1 Å². The maximum absolute atomic E-state index is 13.6. The largest absolute Gasteiger partial charge is 0.481 e. The molecular weight excluding hydrogens is 363 g/mol. The van der Waals surface area contributed by atoms with Crippen LogP contribution in [-0.4, -0.2) is 36.0 Å². The Hall–Kier alpha value is -2.15. The van der Waals surface area contributed by atoms with E-state index < -0.39 is 17.7 Å². The van der Waals surface area contributed by atoms with Crippen molar-refractivity contribution in [3.63, 3.8) is 0 Å². The topological polar surface area (TPSA) is 86.7 Å². The summed E-state index contributed by atoms with van der Waals surface area (Å²) in [5.74, 6) is -2.28. The Labute approximate surface area is 156 Å². The van der Waals surface area contributed by atoms with Crippen LogP contribution in [0.1, 0.15) is 38.5 Å². The molecule has 1 heterocycles. The van der Waals surface area contributed by atoms with Crippen LogP contribution >= 0.6 is 11.6 Å². The third-order valence-corrected chi connectivity index (χ3v) is 4.63. The number of rotatable bonds is 9. The van der Waals surface area contributed by atoms with Gasteiger partial charge in [-0.3, -0.25) is 14.4 Å². The molecule has 1 atom stereocenters. The summed E-state index contributed by atoms with van der Waals surface area (Å²) in [6.45, 7) is 0.705. The fraction of sp³-hybridized carbons (Fsp3) is 0.500. The van der Waals surface area contributed by atoms with Crippen molar-refractivity contribution in [2.24, 2.45) is 5.92 Å². The van der Waals surface area contributed by atoms with Crippen molar-refractivity contribution in [2.45, 2.75) is 38.5 Å². The number of anilines is 1. The third kappa shape index (κ3) is 5.69. The number of amides is 2. The molecule has 1 aliphatic rings. The number of aliphatic carboxylic acids is 1. The van der Waals surface area contributed by atoms with E-state index in [1.54, 1.807) is 6.07 Å². The maximum atomic E-state index is 13.6. The van der Waals surface area contributed by atoms with Crippen molar-refractivity contribution in [3.8, 4) is 0 Å². The monoisotopic (exact) mass is 384 g/mol. The minimum atomic E-state index is -0.797. The Bertz CT molecular complexity index is 683. The molecule has 0 radical (unpaired) electrons. The van der Waals surface area contributed by atoms with Crippen molar-refractivity contribution in [3.05, 3.63) is 29.0 Å². The molecule has 0 spiro atoms. The first-order chi connectivity index (χ1) is 12.4. The van der Waals surface area contributed by atoms with Crippen LogP contribution in [0.5, 0.6) is 0 Å². The Kier molecular flexibility index (Phi) is 7.38. The van der Waals surface area contributed by atoms with Crippen LogP contribution in [0.3, 0.4) is 0 Å². The average Bonchev–Trinajstić information content (AvgIpc) is 2.98. The van der Waals surface area contributed by atoms with Crippen molar-refractivity contribution < 1.29 is 23.9 Å². The molecule has 2 amide bonds. The van der Waals surface area contributed by atoms with Gasteiger partial charge in [0.1, 0.15) is 5.82 Å². The number of carboxylic acids is 1. The SMILES string of the molecule is O=C(O)CCCCCCNC(=O)C1CC(=O)N(c2ccc(Cl)c(F)c2)C1. The van der Waals surface area contributed by atoms with Crippen molar-refractivity contribution in [1.29, 1.82) is 0 Å².